The zero-order valence-electron chi connectivity index (χ0n) is 12.5. The van der Waals surface area contributed by atoms with Crippen molar-refractivity contribution < 1.29 is 9.15 Å². The summed E-state index contributed by atoms with van der Waals surface area (Å²) in [6.45, 7) is 12.2. The Labute approximate surface area is 116 Å². The molecule has 0 bridgehead atoms. The predicted molar refractivity (Wildman–Crippen MR) is 76.0 cm³/mol. The van der Waals surface area contributed by atoms with Gasteiger partial charge in [-0.25, -0.2) is 0 Å². The molecule has 1 aliphatic rings. The first-order valence-electron chi connectivity index (χ1n) is 7.21. The first-order valence-corrected chi connectivity index (χ1v) is 7.21. The molecule has 0 aliphatic carbocycles. The van der Waals surface area contributed by atoms with Crippen LogP contribution >= 0.6 is 0 Å². The maximum absolute atomic E-state index is 5.86. The second-order valence-electron chi connectivity index (χ2n) is 5.86. The largest absolute Gasteiger partial charge is 0.463 e. The lowest BCUT2D eigenvalue weighted by atomic mass is 10.2. The molecule has 0 spiro atoms. The van der Waals surface area contributed by atoms with Crippen molar-refractivity contribution in [3.05, 3.63) is 23.7 Å². The van der Waals surface area contributed by atoms with Gasteiger partial charge in [0.25, 0.3) is 0 Å². The molecule has 2 heterocycles. The summed E-state index contributed by atoms with van der Waals surface area (Å²) in [6.07, 6.45) is 0.613. The summed E-state index contributed by atoms with van der Waals surface area (Å²) in [5, 5.41) is 3.37. The maximum Gasteiger partial charge on any atom is 0.118 e. The average molecular weight is 266 g/mol. The topological polar surface area (TPSA) is 37.6 Å². The molecule has 2 unspecified atom stereocenters. The van der Waals surface area contributed by atoms with E-state index in [1.807, 2.05) is 0 Å². The molecule has 0 saturated carbocycles. The van der Waals surface area contributed by atoms with Crippen molar-refractivity contribution >= 4 is 0 Å². The molecule has 4 nitrogen and oxygen atoms in total. The molecule has 0 radical (unpaired) electrons. The normalized spacial score (nSPS) is 25.1. The number of furan rings is 1. The molecule has 19 heavy (non-hydrogen) atoms. The summed E-state index contributed by atoms with van der Waals surface area (Å²) in [5.41, 5.74) is 0. The lowest BCUT2D eigenvalue weighted by Crippen LogP contribution is -2.44. The minimum atomic E-state index is 0.306. The van der Waals surface area contributed by atoms with E-state index in [1.54, 1.807) is 0 Å². The highest BCUT2D eigenvalue weighted by atomic mass is 16.5. The van der Waals surface area contributed by atoms with Gasteiger partial charge in [0.05, 0.1) is 25.3 Å². The standard InChI is InChI=1S/C15H26N2O2/c1-11(2)16-7-14-5-6-15(19-14)10-17-8-12(3)18-13(4)9-17/h5-6,11-13,16H,7-10H2,1-4H3. The molecule has 1 aromatic heterocycles. The Morgan fingerprint density at radius 1 is 1.21 bits per heavy atom. The fourth-order valence-electron chi connectivity index (χ4n) is 2.54. The highest BCUT2D eigenvalue weighted by Crippen LogP contribution is 2.16. The Balaban J connectivity index is 1.85. The smallest absolute Gasteiger partial charge is 0.118 e. The first-order chi connectivity index (χ1) is 9.02. The van der Waals surface area contributed by atoms with Gasteiger partial charge in [0.2, 0.25) is 0 Å². The van der Waals surface area contributed by atoms with Crippen molar-refractivity contribution in [1.82, 2.24) is 10.2 Å². The number of ether oxygens (including phenoxy) is 1. The molecule has 4 heteroatoms. The Bertz CT molecular complexity index is 379. The van der Waals surface area contributed by atoms with E-state index in [0.29, 0.717) is 18.2 Å². The number of rotatable bonds is 5. The molecule has 2 atom stereocenters. The van der Waals surface area contributed by atoms with Crippen molar-refractivity contribution in [2.75, 3.05) is 13.1 Å². The van der Waals surface area contributed by atoms with Crippen molar-refractivity contribution in [2.45, 2.75) is 59.0 Å². The van der Waals surface area contributed by atoms with Gasteiger partial charge in [-0.1, -0.05) is 13.8 Å². The summed E-state index contributed by atoms with van der Waals surface area (Å²) in [7, 11) is 0. The zero-order chi connectivity index (χ0) is 13.8. The van der Waals surface area contributed by atoms with Crippen molar-refractivity contribution in [1.29, 1.82) is 0 Å². The van der Waals surface area contributed by atoms with E-state index in [9.17, 15) is 0 Å². The molecule has 0 aromatic carbocycles. The van der Waals surface area contributed by atoms with E-state index in [1.165, 1.54) is 0 Å². The highest BCUT2D eigenvalue weighted by Gasteiger charge is 2.22. The Kier molecular flexibility index (Phi) is 5.02. The van der Waals surface area contributed by atoms with Crippen molar-refractivity contribution in [3.8, 4) is 0 Å². The molecule has 1 aliphatic heterocycles. The van der Waals surface area contributed by atoms with Gasteiger partial charge in [0.1, 0.15) is 11.5 Å². The fraction of sp³-hybridized carbons (Fsp3) is 0.733. The van der Waals surface area contributed by atoms with E-state index in [-0.39, 0.29) is 0 Å². The minimum Gasteiger partial charge on any atom is -0.463 e. The van der Waals surface area contributed by atoms with E-state index < -0.39 is 0 Å². The third-order valence-electron chi connectivity index (χ3n) is 3.28. The number of hydrogen-bond donors (Lipinski definition) is 1. The van der Waals surface area contributed by atoms with Crippen LogP contribution in [0.25, 0.3) is 0 Å². The van der Waals surface area contributed by atoms with Gasteiger partial charge in [-0.05, 0) is 26.0 Å². The maximum atomic E-state index is 5.86. The molecular weight excluding hydrogens is 240 g/mol. The van der Waals surface area contributed by atoms with E-state index in [4.69, 9.17) is 9.15 Å². The van der Waals surface area contributed by atoms with Crippen LogP contribution < -0.4 is 5.32 Å². The van der Waals surface area contributed by atoms with Crippen LogP contribution in [-0.4, -0.2) is 36.2 Å². The van der Waals surface area contributed by atoms with Crippen LogP contribution in [0.5, 0.6) is 0 Å². The lowest BCUT2D eigenvalue weighted by Gasteiger charge is -2.34. The molecule has 0 amide bonds. The van der Waals surface area contributed by atoms with Crippen LogP contribution in [0.1, 0.15) is 39.2 Å². The van der Waals surface area contributed by atoms with Crippen molar-refractivity contribution in [3.63, 3.8) is 0 Å². The fourth-order valence-corrected chi connectivity index (χ4v) is 2.54. The number of morpholine rings is 1. The van der Waals surface area contributed by atoms with Gasteiger partial charge in [0, 0.05) is 19.1 Å². The minimum absolute atomic E-state index is 0.306. The summed E-state index contributed by atoms with van der Waals surface area (Å²) in [5.74, 6) is 2.06. The molecule has 2 rings (SSSR count). The van der Waals surface area contributed by atoms with Gasteiger partial charge >= 0.3 is 0 Å². The number of nitrogens with zero attached hydrogens (tertiary/aromatic N) is 1. The van der Waals surface area contributed by atoms with Crippen LogP contribution in [0.15, 0.2) is 16.5 Å². The number of nitrogens with one attached hydrogen (secondary N) is 1. The number of hydrogen-bond acceptors (Lipinski definition) is 4. The van der Waals surface area contributed by atoms with Crippen LogP contribution in [0.2, 0.25) is 0 Å². The third-order valence-corrected chi connectivity index (χ3v) is 3.28. The second-order valence-corrected chi connectivity index (χ2v) is 5.86. The molecule has 1 fully saturated rings. The van der Waals surface area contributed by atoms with Crippen LogP contribution in [0.3, 0.4) is 0 Å². The Hall–Kier alpha value is -0.840. The van der Waals surface area contributed by atoms with E-state index in [2.05, 4.69) is 50.0 Å². The van der Waals surface area contributed by atoms with E-state index in [0.717, 1.165) is 37.7 Å². The highest BCUT2D eigenvalue weighted by molar-refractivity contribution is 5.07. The molecule has 108 valence electrons. The summed E-state index contributed by atoms with van der Waals surface area (Å²) < 4.78 is 11.6. The monoisotopic (exact) mass is 266 g/mol. The zero-order valence-corrected chi connectivity index (χ0v) is 12.5. The van der Waals surface area contributed by atoms with Gasteiger partial charge in [-0.2, -0.15) is 0 Å². The van der Waals surface area contributed by atoms with Crippen LogP contribution in [0.4, 0.5) is 0 Å². The van der Waals surface area contributed by atoms with Gasteiger partial charge < -0.3 is 14.5 Å². The SMILES string of the molecule is CC(C)NCc1ccc(CN2CC(C)OC(C)C2)o1. The second kappa shape index (κ2) is 6.55. The van der Waals surface area contributed by atoms with Gasteiger partial charge in [-0.15, -0.1) is 0 Å². The average Bonchev–Trinajstić information content (AvgIpc) is 2.72. The molecular formula is C15H26N2O2. The first kappa shape index (κ1) is 14.6. The van der Waals surface area contributed by atoms with Gasteiger partial charge in [0.15, 0.2) is 0 Å². The Morgan fingerprint density at radius 2 is 1.84 bits per heavy atom. The Morgan fingerprint density at radius 3 is 2.47 bits per heavy atom. The van der Waals surface area contributed by atoms with Gasteiger partial charge in [-0.3, -0.25) is 4.90 Å². The quantitative estimate of drug-likeness (QED) is 0.888. The summed E-state index contributed by atoms with van der Waals surface area (Å²) >= 11 is 0. The predicted octanol–water partition coefficient (Wildman–Crippen LogP) is 2.39. The molecule has 1 N–H and O–H groups in total. The third kappa shape index (κ3) is 4.64. The molecule has 1 saturated heterocycles. The molecule has 1 aromatic rings. The van der Waals surface area contributed by atoms with E-state index >= 15 is 0 Å². The van der Waals surface area contributed by atoms with Crippen molar-refractivity contribution in [2.24, 2.45) is 0 Å². The van der Waals surface area contributed by atoms with Crippen LogP contribution in [-0.2, 0) is 17.8 Å². The summed E-state index contributed by atoms with van der Waals surface area (Å²) in [4.78, 5) is 2.40. The van der Waals surface area contributed by atoms with Crippen LogP contribution in [0, 0.1) is 0 Å². The summed E-state index contributed by atoms with van der Waals surface area (Å²) in [6, 6.07) is 4.63. The lowest BCUT2D eigenvalue weighted by molar-refractivity contribution is -0.0718.